The average Bonchev–Trinajstić information content (AvgIpc) is 3.59. The number of sulfonamides is 2. The van der Waals surface area contributed by atoms with Crippen molar-refractivity contribution >= 4 is 43.0 Å². The molecule has 2 aromatic heterocycles. The van der Waals surface area contributed by atoms with Crippen LogP contribution in [0.3, 0.4) is 0 Å². The number of ether oxygens (including phenoxy) is 1. The van der Waals surface area contributed by atoms with Crippen molar-refractivity contribution in [1.82, 2.24) is 18.8 Å². The highest BCUT2D eigenvalue weighted by atomic mass is 32.2. The van der Waals surface area contributed by atoms with Gasteiger partial charge in [-0.15, -0.1) is 11.3 Å². The summed E-state index contributed by atoms with van der Waals surface area (Å²) in [6.07, 6.45) is 2.06. The monoisotopic (exact) mass is 597 g/mol. The molecule has 2 N–H and O–H groups in total. The van der Waals surface area contributed by atoms with Crippen molar-refractivity contribution < 1.29 is 31.5 Å². The van der Waals surface area contributed by atoms with Gasteiger partial charge in [-0.05, 0) is 36.6 Å². The fraction of sp³-hybridized carbons (Fsp3) is 0.417. The lowest BCUT2D eigenvalue weighted by Crippen LogP contribution is -2.50. The number of likely N-dealkylation sites (N-methyl/N-ethyl adjacent to an activating group) is 1. The van der Waals surface area contributed by atoms with Crippen molar-refractivity contribution in [2.75, 3.05) is 31.5 Å². The third-order valence-corrected chi connectivity index (χ3v) is 10.9. The zero-order valence-corrected chi connectivity index (χ0v) is 24.3. The standard InChI is InChI=1S/C24H31N5O7S3/c1-16-11-29(17(2)14-30)24(31)19-10-18(26-38(32,33)22-13-27(3)15-25-22)7-8-20(19)36-21(16)12-28(4)39(34,35)23-6-5-9-37-23/h5-10,13,15-17,21,26,30H,11-12,14H2,1-4H3/t16-,17+,21+/m0/s1. The summed E-state index contributed by atoms with van der Waals surface area (Å²) in [5.41, 5.74) is 0.202. The fourth-order valence-electron chi connectivity index (χ4n) is 4.15. The molecule has 3 heterocycles. The van der Waals surface area contributed by atoms with Crippen molar-refractivity contribution in [2.24, 2.45) is 13.0 Å². The number of amides is 1. The molecular formula is C24H31N5O7S3. The van der Waals surface area contributed by atoms with Gasteiger partial charge in [-0.1, -0.05) is 13.0 Å². The van der Waals surface area contributed by atoms with E-state index in [2.05, 4.69) is 9.71 Å². The van der Waals surface area contributed by atoms with Crippen molar-refractivity contribution in [2.45, 2.75) is 35.2 Å². The Morgan fingerprint density at radius 2 is 2.03 bits per heavy atom. The third-order valence-electron chi connectivity index (χ3n) is 6.47. The van der Waals surface area contributed by atoms with Crippen molar-refractivity contribution in [3.63, 3.8) is 0 Å². The van der Waals surface area contributed by atoms with Gasteiger partial charge in [0.25, 0.3) is 26.0 Å². The van der Waals surface area contributed by atoms with Crippen molar-refractivity contribution in [3.8, 4) is 5.75 Å². The number of imidazole rings is 1. The topological polar surface area (TPSA) is 151 Å². The number of fused-ring (bicyclic) bond motifs is 1. The molecule has 12 nitrogen and oxygen atoms in total. The zero-order chi connectivity index (χ0) is 28.5. The Labute approximate surface area is 231 Å². The van der Waals surface area contributed by atoms with Crippen LogP contribution in [0.2, 0.25) is 0 Å². The van der Waals surface area contributed by atoms with E-state index in [1.54, 1.807) is 25.4 Å². The lowest BCUT2D eigenvalue weighted by atomic mass is 9.99. The minimum atomic E-state index is -4.02. The molecular weight excluding hydrogens is 566 g/mol. The molecule has 1 amide bonds. The molecule has 3 aromatic rings. The van der Waals surface area contributed by atoms with E-state index in [0.717, 1.165) is 11.3 Å². The highest BCUT2D eigenvalue weighted by Crippen LogP contribution is 2.32. The number of aryl methyl sites for hydroxylation is 1. The van der Waals surface area contributed by atoms with Crippen LogP contribution in [-0.2, 0) is 27.1 Å². The van der Waals surface area contributed by atoms with Gasteiger partial charge in [0.05, 0.1) is 31.1 Å². The summed E-state index contributed by atoms with van der Waals surface area (Å²) in [6.45, 7) is 3.44. The van der Waals surface area contributed by atoms with Crippen LogP contribution < -0.4 is 9.46 Å². The Kier molecular flexibility index (Phi) is 8.37. The lowest BCUT2D eigenvalue weighted by molar-refractivity contribution is 0.0387. The Morgan fingerprint density at radius 1 is 1.28 bits per heavy atom. The second kappa shape index (κ2) is 11.3. The number of aromatic nitrogens is 2. The van der Waals surface area contributed by atoms with Gasteiger partial charge in [-0.3, -0.25) is 9.52 Å². The van der Waals surface area contributed by atoms with E-state index >= 15 is 0 Å². The smallest absolute Gasteiger partial charge is 0.280 e. The molecule has 0 spiro atoms. The number of carbonyl (C=O) groups is 1. The van der Waals surface area contributed by atoms with Gasteiger partial charge in [-0.25, -0.2) is 13.4 Å². The molecule has 1 aliphatic rings. The SMILES string of the molecule is C[C@H](CO)N1C[C@H](C)[C@@H](CN(C)S(=O)(=O)c2cccs2)Oc2ccc(NS(=O)(=O)c3cn(C)cn3)cc2C1=O. The molecule has 39 heavy (non-hydrogen) atoms. The maximum absolute atomic E-state index is 13.6. The first kappa shape index (κ1) is 29.0. The molecule has 0 bridgehead atoms. The second-order valence-corrected chi connectivity index (χ2v) is 14.4. The van der Waals surface area contributed by atoms with Crippen LogP contribution >= 0.6 is 11.3 Å². The molecule has 0 aliphatic carbocycles. The Hall–Kier alpha value is -2.98. The average molecular weight is 598 g/mol. The number of nitrogens with zero attached hydrogens (tertiary/aromatic N) is 4. The quantitative estimate of drug-likeness (QED) is 0.379. The molecule has 0 unspecified atom stereocenters. The van der Waals surface area contributed by atoms with Crippen molar-refractivity contribution in [1.29, 1.82) is 0 Å². The first-order chi connectivity index (χ1) is 18.3. The van der Waals surface area contributed by atoms with Crippen LogP contribution in [-0.4, -0.2) is 85.5 Å². The number of hydrogen-bond donors (Lipinski definition) is 2. The Bertz CT molecular complexity index is 1540. The third kappa shape index (κ3) is 6.11. The van der Waals surface area contributed by atoms with E-state index < -0.39 is 38.1 Å². The van der Waals surface area contributed by atoms with E-state index in [-0.39, 0.29) is 51.8 Å². The molecule has 0 saturated carbocycles. The van der Waals surface area contributed by atoms with Crippen LogP contribution in [0.4, 0.5) is 5.69 Å². The van der Waals surface area contributed by atoms with Gasteiger partial charge in [-0.2, -0.15) is 12.7 Å². The van der Waals surface area contributed by atoms with E-state index in [9.17, 15) is 26.7 Å². The molecule has 0 fully saturated rings. The molecule has 1 aromatic carbocycles. The lowest BCUT2D eigenvalue weighted by Gasteiger charge is -2.38. The Balaban J connectivity index is 1.68. The first-order valence-electron chi connectivity index (χ1n) is 12.1. The van der Waals surface area contributed by atoms with E-state index in [1.165, 1.54) is 57.6 Å². The van der Waals surface area contributed by atoms with Gasteiger partial charge in [0.1, 0.15) is 16.1 Å². The van der Waals surface area contributed by atoms with Crippen molar-refractivity contribution in [3.05, 3.63) is 53.8 Å². The number of aliphatic hydroxyl groups is 1. The maximum atomic E-state index is 13.6. The molecule has 3 atom stereocenters. The number of aliphatic hydroxyl groups excluding tert-OH is 1. The maximum Gasteiger partial charge on any atom is 0.280 e. The number of thiophene rings is 1. The number of nitrogens with one attached hydrogen (secondary N) is 1. The molecule has 0 radical (unpaired) electrons. The van der Waals surface area contributed by atoms with Crippen LogP contribution in [0.15, 0.2) is 57.5 Å². The van der Waals surface area contributed by atoms with Gasteiger partial charge in [0.15, 0.2) is 5.03 Å². The minimum absolute atomic E-state index is 0.00440. The molecule has 15 heteroatoms. The summed E-state index contributed by atoms with van der Waals surface area (Å²) in [5, 5.41) is 11.4. The summed E-state index contributed by atoms with van der Waals surface area (Å²) in [7, 11) is -4.65. The number of rotatable bonds is 9. The summed E-state index contributed by atoms with van der Waals surface area (Å²) in [5.74, 6) is -0.580. The van der Waals surface area contributed by atoms with E-state index in [0.29, 0.717) is 0 Å². The van der Waals surface area contributed by atoms with E-state index in [1.807, 2.05) is 6.92 Å². The number of carbonyl (C=O) groups excluding carboxylic acids is 1. The molecule has 212 valence electrons. The van der Waals surface area contributed by atoms with Gasteiger partial charge in [0.2, 0.25) is 0 Å². The molecule has 0 saturated heterocycles. The predicted octanol–water partition coefficient (Wildman–Crippen LogP) is 1.82. The minimum Gasteiger partial charge on any atom is -0.488 e. The largest absolute Gasteiger partial charge is 0.488 e. The van der Waals surface area contributed by atoms with Crippen LogP contribution in [0.25, 0.3) is 0 Å². The summed E-state index contributed by atoms with van der Waals surface area (Å²) in [4.78, 5) is 19.0. The number of hydrogen-bond acceptors (Lipinski definition) is 9. The summed E-state index contributed by atoms with van der Waals surface area (Å²) in [6, 6.07) is 6.95. The summed E-state index contributed by atoms with van der Waals surface area (Å²) < 4.78 is 63.3. The van der Waals surface area contributed by atoms with E-state index in [4.69, 9.17) is 4.74 Å². The number of benzene rings is 1. The van der Waals surface area contributed by atoms with Crippen LogP contribution in [0.1, 0.15) is 24.2 Å². The van der Waals surface area contributed by atoms with Crippen LogP contribution in [0, 0.1) is 5.92 Å². The number of anilines is 1. The van der Waals surface area contributed by atoms with Gasteiger partial charge < -0.3 is 19.3 Å². The zero-order valence-electron chi connectivity index (χ0n) is 21.9. The molecule has 1 aliphatic heterocycles. The fourth-order valence-corrected chi connectivity index (χ4v) is 7.57. The van der Waals surface area contributed by atoms with Gasteiger partial charge >= 0.3 is 0 Å². The first-order valence-corrected chi connectivity index (χ1v) is 15.9. The second-order valence-electron chi connectivity index (χ2n) is 9.53. The summed E-state index contributed by atoms with van der Waals surface area (Å²) >= 11 is 1.12. The molecule has 4 rings (SSSR count). The highest BCUT2D eigenvalue weighted by molar-refractivity contribution is 7.92. The normalized spacial score (nSPS) is 19.2. The predicted molar refractivity (Wildman–Crippen MR) is 146 cm³/mol. The highest BCUT2D eigenvalue weighted by Gasteiger charge is 2.35. The Morgan fingerprint density at radius 3 is 2.64 bits per heavy atom. The van der Waals surface area contributed by atoms with Crippen LogP contribution in [0.5, 0.6) is 5.75 Å². The van der Waals surface area contributed by atoms with Gasteiger partial charge in [0, 0.05) is 38.4 Å².